The van der Waals surface area contributed by atoms with Gasteiger partial charge in [-0.1, -0.05) is 42.1 Å². The highest BCUT2D eigenvalue weighted by Gasteiger charge is 2.17. The van der Waals surface area contributed by atoms with Gasteiger partial charge in [0.05, 0.1) is 28.6 Å². The van der Waals surface area contributed by atoms with Gasteiger partial charge >= 0.3 is 0 Å². The Morgan fingerprint density at radius 1 is 1.11 bits per heavy atom. The van der Waals surface area contributed by atoms with Gasteiger partial charge < -0.3 is 4.57 Å². The first-order chi connectivity index (χ1) is 13.7. The highest BCUT2D eigenvalue weighted by atomic mass is 32.2. The maximum Gasteiger partial charge on any atom is 0.283 e. The van der Waals surface area contributed by atoms with Crippen LogP contribution in [-0.4, -0.2) is 14.5 Å². The molecule has 0 saturated carbocycles. The van der Waals surface area contributed by atoms with Crippen molar-refractivity contribution in [3.63, 3.8) is 0 Å². The molecule has 2 heterocycles. The lowest BCUT2D eigenvalue weighted by atomic mass is 10.2. The standard InChI is InChI=1S/C21H14N4O2S/c1-22-15-9-10-17-19(12-15)24(13-16-6-4-5-11-23-16)14-21(17)28-20-8-3-2-7-18(20)25(26)27/h2-12,14H,13H2. The van der Waals surface area contributed by atoms with Crippen molar-refractivity contribution in [2.75, 3.05) is 0 Å². The minimum atomic E-state index is -0.369. The van der Waals surface area contributed by atoms with Crippen LogP contribution in [0.4, 0.5) is 11.4 Å². The molecule has 0 spiro atoms. The van der Waals surface area contributed by atoms with Crippen molar-refractivity contribution in [2.24, 2.45) is 0 Å². The molecule has 136 valence electrons. The SMILES string of the molecule is [C-]#[N+]c1ccc2c(Sc3ccccc3[N+](=O)[O-])cn(Cc3ccccn3)c2c1. The largest absolute Gasteiger partial charge is 0.341 e. The Balaban J connectivity index is 1.81. The number of hydrogen-bond donors (Lipinski definition) is 0. The lowest BCUT2D eigenvalue weighted by molar-refractivity contribution is -0.387. The molecule has 0 amide bonds. The number of nitro benzene ring substituents is 1. The molecule has 0 bridgehead atoms. The monoisotopic (exact) mass is 386 g/mol. The first-order valence-corrected chi connectivity index (χ1v) is 9.29. The number of benzene rings is 2. The fraction of sp³-hybridized carbons (Fsp3) is 0.0476. The molecule has 0 N–H and O–H groups in total. The zero-order valence-electron chi connectivity index (χ0n) is 14.6. The molecule has 0 saturated heterocycles. The second-order valence-electron chi connectivity index (χ2n) is 6.08. The molecule has 0 atom stereocenters. The van der Waals surface area contributed by atoms with Crippen LogP contribution in [0.5, 0.6) is 0 Å². The highest BCUT2D eigenvalue weighted by molar-refractivity contribution is 7.99. The van der Waals surface area contributed by atoms with Gasteiger partial charge in [-0.15, -0.1) is 0 Å². The van der Waals surface area contributed by atoms with E-state index >= 15 is 0 Å². The Kier molecular flexibility index (Phi) is 4.79. The van der Waals surface area contributed by atoms with Crippen molar-refractivity contribution in [1.29, 1.82) is 0 Å². The summed E-state index contributed by atoms with van der Waals surface area (Å²) in [6.45, 7) is 7.85. The quantitative estimate of drug-likeness (QED) is 0.251. The highest BCUT2D eigenvalue weighted by Crippen LogP contribution is 2.40. The van der Waals surface area contributed by atoms with E-state index in [1.54, 1.807) is 30.5 Å². The summed E-state index contributed by atoms with van der Waals surface area (Å²) < 4.78 is 2.03. The summed E-state index contributed by atoms with van der Waals surface area (Å²) in [4.78, 5) is 20.4. The van der Waals surface area contributed by atoms with Gasteiger partial charge in [0.25, 0.3) is 5.69 Å². The van der Waals surface area contributed by atoms with E-state index in [0.29, 0.717) is 17.1 Å². The molecular weight excluding hydrogens is 372 g/mol. The van der Waals surface area contributed by atoms with Crippen LogP contribution >= 0.6 is 11.8 Å². The Morgan fingerprint density at radius 3 is 2.68 bits per heavy atom. The Morgan fingerprint density at radius 2 is 1.93 bits per heavy atom. The second kappa shape index (κ2) is 7.55. The Bertz CT molecular complexity index is 1210. The number of nitrogens with zero attached hydrogens (tertiary/aromatic N) is 4. The molecule has 7 heteroatoms. The zero-order valence-corrected chi connectivity index (χ0v) is 15.5. The molecular formula is C21H14N4O2S. The van der Waals surface area contributed by atoms with Crippen molar-refractivity contribution < 1.29 is 4.92 Å². The van der Waals surface area contributed by atoms with Crippen LogP contribution in [0.15, 0.2) is 82.8 Å². The lowest BCUT2D eigenvalue weighted by Gasteiger charge is -2.04. The second-order valence-corrected chi connectivity index (χ2v) is 7.17. The van der Waals surface area contributed by atoms with Crippen molar-refractivity contribution in [1.82, 2.24) is 9.55 Å². The van der Waals surface area contributed by atoms with Crippen LogP contribution in [0, 0.1) is 16.7 Å². The predicted molar refractivity (Wildman–Crippen MR) is 109 cm³/mol. The smallest absolute Gasteiger partial charge is 0.283 e. The van der Waals surface area contributed by atoms with E-state index in [0.717, 1.165) is 21.5 Å². The van der Waals surface area contributed by atoms with E-state index in [9.17, 15) is 10.1 Å². The molecule has 4 rings (SSSR count). The molecule has 4 aromatic rings. The maximum atomic E-state index is 11.4. The minimum Gasteiger partial charge on any atom is -0.341 e. The van der Waals surface area contributed by atoms with Gasteiger partial charge in [0, 0.05) is 34.3 Å². The molecule has 6 nitrogen and oxygen atoms in total. The van der Waals surface area contributed by atoms with E-state index in [1.807, 2.05) is 41.1 Å². The molecule has 0 fully saturated rings. The van der Waals surface area contributed by atoms with Gasteiger partial charge in [-0.3, -0.25) is 15.1 Å². The zero-order chi connectivity index (χ0) is 19.5. The predicted octanol–water partition coefficient (Wildman–Crippen LogP) is 5.69. The minimum absolute atomic E-state index is 0.0795. The number of aromatic nitrogens is 2. The van der Waals surface area contributed by atoms with Gasteiger partial charge in [-0.2, -0.15) is 0 Å². The van der Waals surface area contributed by atoms with Crippen LogP contribution in [0.3, 0.4) is 0 Å². The van der Waals surface area contributed by atoms with Crippen molar-refractivity contribution in [2.45, 2.75) is 16.3 Å². The maximum absolute atomic E-state index is 11.4. The van der Waals surface area contributed by atoms with Gasteiger partial charge in [0.2, 0.25) is 0 Å². The van der Waals surface area contributed by atoms with E-state index in [1.165, 1.54) is 17.8 Å². The first-order valence-electron chi connectivity index (χ1n) is 8.47. The molecule has 0 aliphatic rings. The number of nitro groups is 1. The summed E-state index contributed by atoms with van der Waals surface area (Å²) in [6, 6.07) is 18.0. The summed E-state index contributed by atoms with van der Waals surface area (Å²) in [5.41, 5.74) is 2.43. The number of fused-ring (bicyclic) bond motifs is 1. The molecule has 0 unspecified atom stereocenters. The normalized spacial score (nSPS) is 10.7. The first kappa shape index (κ1) is 17.8. The Labute approximate surface area is 165 Å². The summed E-state index contributed by atoms with van der Waals surface area (Å²) >= 11 is 1.36. The van der Waals surface area contributed by atoms with Crippen LogP contribution in [0.1, 0.15) is 5.69 Å². The number of para-hydroxylation sites is 1. The summed E-state index contributed by atoms with van der Waals surface area (Å²) in [5, 5.41) is 12.3. The van der Waals surface area contributed by atoms with Gasteiger partial charge in [-0.25, -0.2) is 4.85 Å². The van der Waals surface area contributed by atoms with Crippen LogP contribution in [0.25, 0.3) is 15.7 Å². The lowest BCUT2D eigenvalue weighted by Crippen LogP contribution is -1.99. The van der Waals surface area contributed by atoms with E-state index in [4.69, 9.17) is 6.57 Å². The van der Waals surface area contributed by atoms with Crippen molar-refractivity contribution >= 4 is 34.0 Å². The third kappa shape index (κ3) is 3.46. The summed E-state index contributed by atoms with van der Waals surface area (Å²) in [6.07, 6.45) is 3.71. The number of hydrogen-bond acceptors (Lipinski definition) is 4. The fourth-order valence-electron chi connectivity index (χ4n) is 3.01. The molecule has 0 aliphatic heterocycles. The van der Waals surface area contributed by atoms with E-state index < -0.39 is 0 Å². The van der Waals surface area contributed by atoms with Crippen LogP contribution in [-0.2, 0) is 6.54 Å². The average molecular weight is 386 g/mol. The fourth-order valence-corrected chi connectivity index (χ4v) is 4.10. The van der Waals surface area contributed by atoms with E-state index in [2.05, 4.69) is 9.83 Å². The van der Waals surface area contributed by atoms with Gasteiger partial charge in [0.1, 0.15) is 0 Å². The average Bonchev–Trinajstić information content (AvgIpc) is 3.05. The number of rotatable bonds is 5. The number of pyridine rings is 1. The molecule has 28 heavy (non-hydrogen) atoms. The van der Waals surface area contributed by atoms with Gasteiger partial charge in [-0.05, 0) is 24.3 Å². The van der Waals surface area contributed by atoms with E-state index in [-0.39, 0.29) is 10.6 Å². The van der Waals surface area contributed by atoms with Gasteiger partial charge in [0.15, 0.2) is 5.69 Å². The molecule has 0 radical (unpaired) electrons. The van der Waals surface area contributed by atoms with Crippen LogP contribution in [0.2, 0.25) is 0 Å². The van der Waals surface area contributed by atoms with Crippen LogP contribution < -0.4 is 0 Å². The Hall–Kier alpha value is -3.63. The third-order valence-electron chi connectivity index (χ3n) is 4.30. The summed E-state index contributed by atoms with van der Waals surface area (Å²) in [5.74, 6) is 0. The molecule has 0 aliphatic carbocycles. The molecule has 2 aromatic heterocycles. The topological polar surface area (TPSA) is 65.3 Å². The summed E-state index contributed by atoms with van der Waals surface area (Å²) in [7, 11) is 0. The van der Waals surface area contributed by atoms with Crippen molar-refractivity contribution in [3.05, 3.63) is 100 Å². The van der Waals surface area contributed by atoms with Crippen molar-refractivity contribution in [3.8, 4) is 0 Å². The third-order valence-corrected chi connectivity index (χ3v) is 5.41. The molecule has 2 aromatic carbocycles.